The first kappa shape index (κ1) is 22.7. The van der Waals surface area contributed by atoms with E-state index in [0.717, 1.165) is 17.7 Å². The third kappa shape index (κ3) is 5.11. The predicted octanol–water partition coefficient (Wildman–Crippen LogP) is 5.70. The maximum atomic E-state index is 12.8. The van der Waals surface area contributed by atoms with Gasteiger partial charge in [0.05, 0.1) is 17.9 Å². The Hall–Kier alpha value is -3.53. The highest BCUT2D eigenvalue weighted by atomic mass is 32.2. The van der Waals surface area contributed by atoms with Crippen LogP contribution in [0, 0.1) is 6.92 Å². The van der Waals surface area contributed by atoms with Gasteiger partial charge in [0.2, 0.25) is 0 Å². The second-order valence-corrected chi connectivity index (χ2v) is 8.76. The Morgan fingerprint density at radius 1 is 0.970 bits per heavy atom. The summed E-state index contributed by atoms with van der Waals surface area (Å²) in [6.45, 7) is 2.02. The van der Waals surface area contributed by atoms with Gasteiger partial charge in [-0.15, -0.1) is 0 Å². The third-order valence-electron chi connectivity index (χ3n) is 4.84. The molecule has 0 spiro atoms. The first-order valence-corrected chi connectivity index (χ1v) is 11.2. The summed E-state index contributed by atoms with van der Waals surface area (Å²) < 4.78 is 79.5. The summed E-state index contributed by atoms with van der Waals surface area (Å²) in [5.41, 5.74) is 0.913. The van der Waals surface area contributed by atoms with Gasteiger partial charge in [-0.25, -0.2) is 0 Å². The van der Waals surface area contributed by atoms with E-state index in [1.807, 2.05) is 6.92 Å². The number of oxime groups is 1. The van der Waals surface area contributed by atoms with Gasteiger partial charge in [0.15, 0.2) is 11.5 Å². The minimum absolute atomic E-state index is 0.0240. The van der Waals surface area contributed by atoms with Crippen LogP contribution in [0.15, 0.2) is 76.8 Å². The number of fused-ring (bicyclic) bond motifs is 1. The molecule has 0 amide bonds. The molecule has 0 aliphatic carbocycles. The van der Waals surface area contributed by atoms with Gasteiger partial charge in [-0.2, -0.15) is 21.6 Å². The molecule has 1 aliphatic heterocycles. The fourth-order valence-electron chi connectivity index (χ4n) is 3.13. The fraction of sp³-hybridized carbons (Fsp3) is 0.174. The monoisotopic (exact) mass is 477 g/mol. The maximum absolute atomic E-state index is 12.8. The van der Waals surface area contributed by atoms with E-state index in [9.17, 15) is 21.6 Å². The number of rotatable bonds is 5. The lowest BCUT2D eigenvalue weighted by Crippen LogP contribution is -2.18. The molecule has 0 saturated carbocycles. The van der Waals surface area contributed by atoms with Gasteiger partial charge < -0.3 is 9.47 Å². The Morgan fingerprint density at radius 2 is 1.67 bits per heavy atom. The van der Waals surface area contributed by atoms with Crippen LogP contribution in [0.25, 0.3) is 0 Å². The Morgan fingerprint density at radius 3 is 2.33 bits per heavy atom. The van der Waals surface area contributed by atoms with Crippen molar-refractivity contribution in [3.05, 3.63) is 83.4 Å². The molecule has 3 aromatic carbocycles. The van der Waals surface area contributed by atoms with Crippen LogP contribution in [0.3, 0.4) is 0 Å². The summed E-state index contributed by atoms with van der Waals surface area (Å²) in [5.74, 6) is 0.724. The number of aryl methyl sites for hydroxylation is 1. The van der Waals surface area contributed by atoms with Gasteiger partial charge in [0, 0.05) is 12.0 Å². The van der Waals surface area contributed by atoms with Crippen molar-refractivity contribution in [3.8, 4) is 17.2 Å². The van der Waals surface area contributed by atoms with E-state index in [-0.39, 0.29) is 23.0 Å². The van der Waals surface area contributed by atoms with Gasteiger partial charge in [-0.1, -0.05) is 28.9 Å². The molecule has 0 aromatic heterocycles. The molecule has 10 heteroatoms. The van der Waals surface area contributed by atoms with Crippen LogP contribution in [-0.4, -0.2) is 20.7 Å². The zero-order valence-corrected chi connectivity index (χ0v) is 18.1. The Labute approximate surface area is 188 Å². The molecule has 0 atom stereocenters. The normalized spacial score (nSPS) is 15.0. The van der Waals surface area contributed by atoms with Crippen molar-refractivity contribution in [2.24, 2.45) is 5.16 Å². The van der Waals surface area contributed by atoms with Crippen LogP contribution in [0.5, 0.6) is 17.2 Å². The van der Waals surface area contributed by atoms with Crippen molar-refractivity contribution in [1.29, 1.82) is 0 Å². The lowest BCUT2D eigenvalue weighted by molar-refractivity contribution is -0.137. The number of para-hydroxylation sites is 1. The van der Waals surface area contributed by atoms with Crippen LogP contribution < -0.4 is 9.47 Å². The van der Waals surface area contributed by atoms with Gasteiger partial charge in [-0.3, -0.25) is 4.28 Å². The molecular weight excluding hydrogens is 459 g/mol. The van der Waals surface area contributed by atoms with E-state index in [1.165, 1.54) is 24.3 Å². The van der Waals surface area contributed by atoms with Crippen molar-refractivity contribution in [1.82, 2.24) is 0 Å². The second kappa shape index (κ2) is 8.78. The lowest BCUT2D eigenvalue weighted by Gasteiger charge is -2.21. The summed E-state index contributed by atoms with van der Waals surface area (Å²) in [6.07, 6.45) is -4.15. The molecule has 33 heavy (non-hydrogen) atoms. The van der Waals surface area contributed by atoms with Crippen LogP contribution in [0.1, 0.15) is 23.1 Å². The number of alkyl halides is 3. The summed E-state index contributed by atoms with van der Waals surface area (Å²) in [7, 11) is -4.11. The number of hydrogen-bond donors (Lipinski definition) is 0. The van der Waals surface area contributed by atoms with Crippen molar-refractivity contribution in [3.63, 3.8) is 0 Å². The largest absolute Gasteiger partial charge is 0.489 e. The van der Waals surface area contributed by atoms with Crippen LogP contribution in [0.4, 0.5) is 13.2 Å². The highest BCUT2D eigenvalue weighted by molar-refractivity contribution is 7.86. The predicted molar refractivity (Wildman–Crippen MR) is 114 cm³/mol. The summed E-state index contributed by atoms with van der Waals surface area (Å²) in [5, 5.41) is 3.85. The van der Waals surface area contributed by atoms with E-state index in [1.54, 1.807) is 30.3 Å². The maximum Gasteiger partial charge on any atom is 0.416 e. The molecule has 0 saturated heterocycles. The Kier molecular flexibility index (Phi) is 6.03. The van der Waals surface area contributed by atoms with E-state index >= 15 is 0 Å². The third-order valence-corrected chi connectivity index (χ3v) is 5.96. The molecule has 0 radical (unpaired) electrons. The molecule has 0 N–H and O–H groups in total. The molecule has 172 valence electrons. The first-order chi connectivity index (χ1) is 15.6. The van der Waals surface area contributed by atoms with Gasteiger partial charge in [-0.05, 0) is 55.5 Å². The summed E-state index contributed by atoms with van der Waals surface area (Å²) in [4.78, 5) is -0.0240. The van der Waals surface area contributed by atoms with E-state index in [4.69, 9.17) is 13.8 Å². The average Bonchev–Trinajstić information content (AvgIpc) is 2.78. The zero-order valence-electron chi connectivity index (χ0n) is 17.3. The van der Waals surface area contributed by atoms with E-state index in [0.29, 0.717) is 23.4 Å². The van der Waals surface area contributed by atoms with Crippen molar-refractivity contribution in [2.75, 3.05) is 6.61 Å². The zero-order chi connectivity index (χ0) is 23.6. The molecule has 3 aromatic rings. The topological polar surface area (TPSA) is 74.2 Å². The molecule has 1 heterocycles. The highest BCUT2D eigenvalue weighted by Gasteiger charge is 2.30. The van der Waals surface area contributed by atoms with Crippen molar-refractivity contribution < 1.29 is 35.3 Å². The van der Waals surface area contributed by atoms with Crippen LogP contribution in [-0.2, 0) is 20.6 Å². The fourth-order valence-corrected chi connectivity index (χ4v) is 3.88. The van der Waals surface area contributed by atoms with E-state index in [2.05, 4.69) is 5.16 Å². The van der Waals surface area contributed by atoms with Gasteiger partial charge >= 0.3 is 16.3 Å². The SMILES string of the molecule is Cc1ccc(S(=O)(=O)ON=C2CCOc3c(Oc4ccc(C(F)(F)F)cc4)cccc32)cc1. The average molecular weight is 477 g/mol. The van der Waals surface area contributed by atoms with Gasteiger partial charge in [0.1, 0.15) is 10.6 Å². The Bertz CT molecular complexity index is 1290. The van der Waals surface area contributed by atoms with Crippen molar-refractivity contribution >= 4 is 15.8 Å². The molecule has 1 aliphatic rings. The lowest BCUT2D eigenvalue weighted by atomic mass is 10.0. The standard InChI is InChI=1S/C23H18F3NO5S/c1-15-5-11-18(12-6-15)33(28,29)32-27-20-13-14-30-22-19(20)3-2-4-21(22)31-17-9-7-16(8-10-17)23(24,25)26/h2-12H,13-14H2,1H3. The molecular formula is C23H18F3NO5S. The Balaban J connectivity index is 1.58. The minimum Gasteiger partial charge on any atom is -0.489 e. The number of hydrogen-bond acceptors (Lipinski definition) is 6. The van der Waals surface area contributed by atoms with Crippen LogP contribution >= 0.6 is 0 Å². The number of nitrogens with zero attached hydrogens (tertiary/aromatic N) is 1. The number of ether oxygens (including phenoxy) is 2. The summed E-state index contributed by atoms with van der Waals surface area (Å²) in [6, 6.07) is 15.3. The summed E-state index contributed by atoms with van der Waals surface area (Å²) >= 11 is 0. The molecule has 6 nitrogen and oxygen atoms in total. The number of halogens is 3. The van der Waals surface area contributed by atoms with Gasteiger partial charge in [0.25, 0.3) is 0 Å². The molecule has 4 rings (SSSR count). The smallest absolute Gasteiger partial charge is 0.416 e. The van der Waals surface area contributed by atoms with Crippen molar-refractivity contribution in [2.45, 2.75) is 24.4 Å². The quantitative estimate of drug-likeness (QED) is 0.441. The number of benzene rings is 3. The first-order valence-electron chi connectivity index (χ1n) is 9.82. The second-order valence-electron chi connectivity index (χ2n) is 7.24. The van der Waals surface area contributed by atoms with Crippen LogP contribution in [0.2, 0.25) is 0 Å². The molecule has 0 unspecified atom stereocenters. The molecule has 0 bridgehead atoms. The minimum atomic E-state index is -4.45. The van der Waals surface area contributed by atoms with E-state index < -0.39 is 21.9 Å². The molecule has 0 fully saturated rings. The highest BCUT2D eigenvalue weighted by Crippen LogP contribution is 2.38.